The number of pyridine rings is 3. The van der Waals surface area contributed by atoms with Crippen LogP contribution >= 0.6 is 0 Å². The molecular weight excluding hydrogens is 854 g/mol. The molecule has 66 heavy (non-hydrogen) atoms. The maximum absolute atomic E-state index is 16.2. The number of halogens is 1. The number of fused-ring (bicyclic) bond motifs is 5. The Balaban J connectivity index is 1.27. The summed E-state index contributed by atoms with van der Waals surface area (Å²) in [6, 6.07) is 3.83. The maximum Gasteiger partial charge on any atom is 0.414 e. The fourth-order valence-corrected chi connectivity index (χ4v) is 8.76. The van der Waals surface area contributed by atoms with Gasteiger partial charge in [-0.25, -0.2) is 33.5 Å². The first-order valence-electron chi connectivity index (χ1n) is 21.8. The summed E-state index contributed by atoms with van der Waals surface area (Å²) in [5, 5.41) is 13.8. The lowest BCUT2D eigenvalue weighted by molar-refractivity contribution is -0.148. The summed E-state index contributed by atoms with van der Waals surface area (Å²) in [5.74, 6) is -2.57. The van der Waals surface area contributed by atoms with Crippen LogP contribution in [0.5, 0.6) is 0 Å². The van der Waals surface area contributed by atoms with Gasteiger partial charge in [-0.05, 0) is 72.9 Å². The third-order valence-electron chi connectivity index (χ3n) is 11.7. The highest BCUT2D eigenvalue weighted by Crippen LogP contribution is 2.47. The zero-order valence-corrected chi connectivity index (χ0v) is 39.1. The molecule has 0 bridgehead atoms. The van der Waals surface area contributed by atoms with Crippen LogP contribution in [0.2, 0.25) is 0 Å². The number of anilines is 2. The van der Waals surface area contributed by atoms with E-state index in [2.05, 4.69) is 38.2 Å². The van der Waals surface area contributed by atoms with Gasteiger partial charge in [0, 0.05) is 80.9 Å². The van der Waals surface area contributed by atoms with Gasteiger partial charge in [0.2, 0.25) is 5.43 Å². The average molecular weight is 910 g/mol. The van der Waals surface area contributed by atoms with Crippen LogP contribution in [0, 0.1) is 29.0 Å². The summed E-state index contributed by atoms with van der Waals surface area (Å²) in [4.78, 5) is 84.7. The zero-order chi connectivity index (χ0) is 48.2. The highest BCUT2D eigenvalue weighted by molar-refractivity contribution is 6.21. The van der Waals surface area contributed by atoms with Crippen LogP contribution in [0.3, 0.4) is 0 Å². The van der Waals surface area contributed by atoms with E-state index < -0.39 is 52.6 Å². The first-order chi connectivity index (χ1) is 31.0. The second-order valence-corrected chi connectivity index (χ2v) is 19.3. The number of nitrogens with zero attached hydrogens (tertiary/aromatic N) is 7. The monoisotopic (exact) mass is 909 g/mol. The molecule has 2 fully saturated rings. The average Bonchev–Trinajstić information content (AvgIpc) is 3.92. The number of H-pyrrole nitrogens is 1. The van der Waals surface area contributed by atoms with Crippen molar-refractivity contribution in [3.8, 4) is 17.2 Å². The number of likely N-dealkylation sites (tertiary alicyclic amines) is 1. The lowest BCUT2D eigenvalue weighted by Gasteiger charge is -2.29. The Morgan fingerprint density at radius 1 is 1.00 bits per heavy atom. The SMILES string of the molecule is CC(C)C(NC(=O)OC(C)(C)C)C(=O)OCCOC(=O)c1cn(C)c2ncc(-c3cnc4[nH]c5c(N(C)C(=O)OC(C)(C)C)cc(F)c(C#N)c5c4c3N3CC[C@H]4CN(C)C[C@H]43)cc2c1=O. The van der Waals surface area contributed by atoms with E-state index in [1.165, 1.54) is 22.7 Å². The minimum Gasteiger partial charge on any atom is -0.461 e. The molecule has 3 atom stereocenters. The lowest BCUT2D eigenvalue weighted by Crippen LogP contribution is -2.47. The van der Waals surface area contributed by atoms with Gasteiger partial charge in [-0.1, -0.05) is 13.8 Å². The smallest absolute Gasteiger partial charge is 0.414 e. The van der Waals surface area contributed by atoms with Crippen molar-refractivity contribution in [2.24, 2.45) is 18.9 Å². The van der Waals surface area contributed by atoms with Gasteiger partial charge in [0.25, 0.3) is 0 Å². The van der Waals surface area contributed by atoms with Crippen molar-refractivity contribution in [1.29, 1.82) is 5.26 Å². The largest absolute Gasteiger partial charge is 0.461 e. The second kappa shape index (κ2) is 17.9. The number of nitrogens with one attached hydrogen (secondary N) is 2. The van der Waals surface area contributed by atoms with Crippen LogP contribution in [0.1, 0.15) is 77.7 Å². The molecule has 2 aliphatic rings. The minimum atomic E-state index is -1.03. The van der Waals surface area contributed by atoms with E-state index in [1.54, 1.807) is 80.9 Å². The number of carbonyl (C=O) groups excluding carboxylic acids is 4. The number of likely N-dealkylation sites (N-methyl/N-ethyl adjacent to an activating group) is 1. The number of amides is 2. The van der Waals surface area contributed by atoms with Gasteiger partial charge in [0.05, 0.1) is 33.2 Å². The number of aromatic nitrogens is 4. The Bertz CT molecular complexity index is 2870. The molecule has 1 unspecified atom stereocenters. The molecule has 18 nitrogen and oxygen atoms in total. The summed E-state index contributed by atoms with van der Waals surface area (Å²) in [5.41, 5.74) is -0.0871. The van der Waals surface area contributed by atoms with Crippen LogP contribution in [0.25, 0.3) is 44.1 Å². The van der Waals surface area contributed by atoms with Crippen LogP contribution in [-0.4, -0.2) is 119 Å². The van der Waals surface area contributed by atoms with Crippen LogP contribution < -0.4 is 20.5 Å². The fraction of sp³-hybridized carbons (Fsp3) is 0.489. The molecule has 5 aromatic rings. The number of aryl methyl sites for hydroxylation is 1. The highest BCUT2D eigenvalue weighted by Gasteiger charge is 2.42. The molecule has 0 aliphatic carbocycles. The third-order valence-corrected chi connectivity index (χ3v) is 11.7. The van der Waals surface area contributed by atoms with Gasteiger partial charge in [-0.3, -0.25) is 9.69 Å². The number of nitriles is 1. The molecule has 2 amide bonds. The van der Waals surface area contributed by atoms with Crippen LogP contribution in [0.15, 0.2) is 35.5 Å². The quantitative estimate of drug-likeness (QED) is 0.0882. The number of ether oxygens (including phenoxy) is 4. The molecule has 0 saturated carbocycles. The minimum absolute atomic E-state index is 0.0479. The predicted molar refractivity (Wildman–Crippen MR) is 245 cm³/mol. The Morgan fingerprint density at radius 2 is 1.70 bits per heavy atom. The molecule has 19 heteroatoms. The fourth-order valence-electron chi connectivity index (χ4n) is 8.76. The van der Waals surface area contributed by atoms with E-state index in [1.807, 2.05) is 0 Å². The third kappa shape index (κ3) is 9.32. The lowest BCUT2D eigenvalue weighted by atomic mass is 9.98. The summed E-state index contributed by atoms with van der Waals surface area (Å²) < 4.78 is 39.3. The van der Waals surface area contributed by atoms with E-state index in [4.69, 9.17) is 23.9 Å². The molecule has 2 N–H and O–H groups in total. The second-order valence-electron chi connectivity index (χ2n) is 19.3. The van der Waals surface area contributed by atoms with Crippen LogP contribution in [0.4, 0.5) is 25.4 Å². The number of benzene rings is 1. The van der Waals surface area contributed by atoms with Gasteiger partial charge >= 0.3 is 24.1 Å². The van der Waals surface area contributed by atoms with Gasteiger partial charge in [-0.2, -0.15) is 5.26 Å². The Kier molecular flexibility index (Phi) is 12.8. The van der Waals surface area contributed by atoms with Crippen molar-refractivity contribution in [2.75, 3.05) is 56.7 Å². The topological polar surface area (TPSA) is 214 Å². The summed E-state index contributed by atoms with van der Waals surface area (Å²) in [7, 11) is 5.16. The Labute approximate surface area is 380 Å². The van der Waals surface area contributed by atoms with Gasteiger partial charge in [-0.15, -0.1) is 0 Å². The molecule has 4 aromatic heterocycles. The molecule has 350 valence electrons. The number of hydrogen-bond donors (Lipinski definition) is 2. The van der Waals surface area contributed by atoms with E-state index in [9.17, 15) is 29.2 Å². The van der Waals surface area contributed by atoms with E-state index in [0.29, 0.717) is 45.8 Å². The maximum atomic E-state index is 16.2. The zero-order valence-electron chi connectivity index (χ0n) is 39.1. The molecular formula is C47H56FN9O9. The number of esters is 2. The van der Waals surface area contributed by atoms with Gasteiger partial charge in [0.15, 0.2) is 0 Å². The summed E-state index contributed by atoms with van der Waals surface area (Å²) >= 11 is 0. The van der Waals surface area contributed by atoms with Gasteiger partial charge in [0.1, 0.15) is 59.2 Å². The summed E-state index contributed by atoms with van der Waals surface area (Å²) in [6.07, 6.45) is 3.92. The Hall–Kier alpha value is -6.81. The Morgan fingerprint density at radius 3 is 2.36 bits per heavy atom. The van der Waals surface area contributed by atoms with Crippen LogP contribution in [-0.2, 0) is 30.8 Å². The van der Waals surface area contributed by atoms with Crippen molar-refractivity contribution in [2.45, 2.75) is 85.1 Å². The molecule has 6 heterocycles. The van der Waals surface area contributed by atoms with Crippen molar-refractivity contribution in [3.63, 3.8) is 0 Å². The molecule has 2 aliphatic heterocycles. The molecule has 0 spiro atoms. The highest BCUT2D eigenvalue weighted by atomic mass is 19.1. The van der Waals surface area contributed by atoms with E-state index in [0.717, 1.165) is 25.6 Å². The number of hydrogen-bond acceptors (Lipinski definition) is 14. The van der Waals surface area contributed by atoms with E-state index >= 15 is 4.39 Å². The first kappa shape index (κ1) is 47.2. The van der Waals surface area contributed by atoms with Gasteiger partial charge < -0.3 is 43.6 Å². The number of alkyl carbamates (subject to hydrolysis) is 1. The predicted octanol–water partition coefficient (Wildman–Crippen LogP) is 6.40. The molecule has 0 radical (unpaired) electrons. The number of rotatable bonds is 10. The number of carbonyl (C=O) groups is 4. The van der Waals surface area contributed by atoms with Crippen molar-refractivity contribution in [1.82, 2.24) is 29.7 Å². The normalized spacial score (nSPS) is 16.9. The van der Waals surface area contributed by atoms with E-state index in [-0.39, 0.29) is 58.4 Å². The molecule has 7 rings (SSSR count). The van der Waals surface area contributed by atoms with Crippen molar-refractivity contribution < 1.29 is 42.5 Å². The molecule has 2 saturated heterocycles. The first-order valence-corrected chi connectivity index (χ1v) is 21.8. The number of aromatic amines is 1. The standard InChI is InChI=1S/C47H56FN9O9/c1-24(2)36(53-44(61)65-46(3,4)5)43(60)64-15-14-63-42(59)30-22-55(10)41-27(39(30)58)16-26(19-51-41)29-20-50-40-35(38(29)57-13-12-25-21-54(9)23-33(25)57)34-28(18-49)31(48)17-32(37(34)52-40)56(11)45(62)66-47(6,7)8/h16-17,19-20,22,24-25,33,36H,12-15,21,23H2,1-11H3,(H,50,52)(H,53,61)/t25-,33+,36?/m0/s1. The molecule has 1 aromatic carbocycles. The van der Waals surface area contributed by atoms with Crippen molar-refractivity contribution in [3.05, 3.63) is 57.9 Å². The van der Waals surface area contributed by atoms with Crippen molar-refractivity contribution >= 4 is 68.5 Å². The summed E-state index contributed by atoms with van der Waals surface area (Å²) in [6.45, 7) is 15.2.